The molecule has 0 aliphatic heterocycles. The first-order valence-electron chi connectivity index (χ1n) is 6.50. The lowest BCUT2D eigenvalue weighted by Gasteiger charge is -2.13. The number of aryl methyl sites for hydroxylation is 2. The number of carboxylic acids is 1. The second-order valence-corrected chi connectivity index (χ2v) is 4.90. The molecule has 1 aromatic heterocycles. The van der Waals surface area contributed by atoms with Gasteiger partial charge in [0.25, 0.3) is 0 Å². The molecule has 5 nitrogen and oxygen atoms in total. The smallest absolute Gasteiger partial charge is 0.337 e. The molecule has 0 saturated carbocycles. The van der Waals surface area contributed by atoms with E-state index >= 15 is 0 Å². The van der Waals surface area contributed by atoms with Crippen LogP contribution in [0.25, 0.3) is 0 Å². The van der Waals surface area contributed by atoms with Crippen molar-refractivity contribution in [1.82, 2.24) is 4.98 Å². The van der Waals surface area contributed by atoms with Crippen molar-refractivity contribution in [3.63, 3.8) is 0 Å². The van der Waals surface area contributed by atoms with Crippen LogP contribution in [0.5, 0.6) is 0 Å². The van der Waals surface area contributed by atoms with Crippen molar-refractivity contribution in [3.05, 3.63) is 58.9 Å². The summed E-state index contributed by atoms with van der Waals surface area (Å²) in [6.45, 7) is 3.60. The summed E-state index contributed by atoms with van der Waals surface area (Å²) in [5, 5.41) is 11.9. The molecule has 0 aliphatic rings. The van der Waals surface area contributed by atoms with Crippen molar-refractivity contribution in [1.29, 1.82) is 0 Å². The van der Waals surface area contributed by atoms with Gasteiger partial charge >= 0.3 is 5.97 Å². The Hall–Kier alpha value is -2.69. The van der Waals surface area contributed by atoms with E-state index in [0.717, 1.165) is 16.7 Å². The number of carboxylic acid groups (broad SMARTS) is 1. The predicted molar refractivity (Wildman–Crippen MR) is 79.4 cm³/mol. The summed E-state index contributed by atoms with van der Waals surface area (Å²) >= 11 is 0. The number of carbonyl (C=O) groups is 2. The highest BCUT2D eigenvalue weighted by Gasteiger charge is 2.15. The highest BCUT2D eigenvalue weighted by molar-refractivity contribution is 6.02. The molecule has 1 heterocycles. The lowest BCUT2D eigenvalue weighted by Crippen LogP contribution is -2.18. The lowest BCUT2D eigenvalue weighted by molar-refractivity contribution is -0.115. The van der Waals surface area contributed by atoms with Crippen LogP contribution in [-0.2, 0) is 11.2 Å². The molecular weight excluding hydrogens is 268 g/mol. The Labute approximate surface area is 122 Å². The Morgan fingerprint density at radius 2 is 2.05 bits per heavy atom. The lowest BCUT2D eigenvalue weighted by atomic mass is 10.0. The van der Waals surface area contributed by atoms with Gasteiger partial charge in [0.2, 0.25) is 5.91 Å². The number of nitrogens with one attached hydrogen (secondary N) is 1. The van der Waals surface area contributed by atoms with E-state index in [1.54, 1.807) is 37.5 Å². The largest absolute Gasteiger partial charge is 0.478 e. The third-order valence-electron chi connectivity index (χ3n) is 3.06. The van der Waals surface area contributed by atoms with Crippen LogP contribution in [0.4, 0.5) is 5.69 Å². The Morgan fingerprint density at radius 1 is 1.29 bits per heavy atom. The topological polar surface area (TPSA) is 79.3 Å². The second kappa shape index (κ2) is 6.17. The van der Waals surface area contributed by atoms with E-state index in [9.17, 15) is 14.7 Å². The van der Waals surface area contributed by atoms with Gasteiger partial charge in [0, 0.05) is 12.4 Å². The Bertz CT molecular complexity index is 681. The molecule has 0 fully saturated rings. The molecule has 1 aromatic carbocycles. The number of carbonyl (C=O) groups excluding carboxylic acids is 1. The van der Waals surface area contributed by atoms with Crippen molar-refractivity contribution >= 4 is 17.6 Å². The SMILES string of the molecule is Cc1cc(C)c(NC(=O)Cc2cccnc2)c(C(=O)O)c1. The standard InChI is InChI=1S/C16H16N2O3/c1-10-6-11(2)15(13(7-10)16(20)21)18-14(19)8-12-4-3-5-17-9-12/h3-7,9H,8H2,1-2H3,(H,18,19)(H,20,21). The van der Waals surface area contributed by atoms with E-state index in [-0.39, 0.29) is 17.9 Å². The predicted octanol–water partition coefficient (Wildman–Crippen LogP) is 2.58. The fourth-order valence-electron chi connectivity index (χ4n) is 2.17. The van der Waals surface area contributed by atoms with Gasteiger partial charge in [-0.1, -0.05) is 12.1 Å². The van der Waals surface area contributed by atoms with Crippen molar-refractivity contribution < 1.29 is 14.7 Å². The summed E-state index contributed by atoms with van der Waals surface area (Å²) in [5.41, 5.74) is 2.80. The maximum atomic E-state index is 12.1. The molecule has 0 atom stereocenters. The fraction of sp³-hybridized carbons (Fsp3) is 0.188. The second-order valence-electron chi connectivity index (χ2n) is 4.90. The zero-order chi connectivity index (χ0) is 15.4. The zero-order valence-corrected chi connectivity index (χ0v) is 11.9. The van der Waals surface area contributed by atoms with Gasteiger partial charge in [-0.15, -0.1) is 0 Å². The monoisotopic (exact) mass is 284 g/mol. The van der Waals surface area contributed by atoms with Crippen molar-refractivity contribution in [2.24, 2.45) is 0 Å². The van der Waals surface area contributed by atoms with Crippen LogP contribution >= 0.6 is 0 Å². The summed E-state index contributed by atoms with van der Waals surface area (Å²) in [5.74, 6) is -1.32. The minimum absolute atomic E-state index is 0.104. The van der Waals surface area contributed by atoms with E-state index in [1.165, 1.54) is 0 Å². The van der Waals surface area contributed by atoms with Crippen molar-refractivity contribution in [2.75, 3.05) is 5.32 Å². The summed E-state index contributed by atoms with van der Waals surface area (Å²) < 4.78 is 0. The molecule has 0 spiro atoms. The fourth-order valence-corrected chi connectivity index (χ4v) is 2.17. The molecule has 0 aliphatic carbocycles. The maximum absolute atomic E-state index is 12.1. The molecule has 0 saturated heterocycles. The van der Waals surface area contributed by atoms with Gasteiger partial charge in [0.05, 0.1) is 17.7 Å². The quantitative estimate of drug-likeness (QED) is 0.904. The number of hydrogen-bond acceptors (Lipinski definition) is 3. The third-order valence-corrected chi connectivity index (χ3v) is 3.06. The summed E-state index contributed by atoms with van der Waals surface area (Å²) in [6, 6.07) is 6.94. The van der Waals surface area contributed by atoms with E-state index < -0.39 is 5.97 Å². The average molecular weight is 284 g/mol. The molecule has 0 bridgehead atoms. The molecule has 0 unspecified atom stereocenters. The van der Waals surface area contributed by atoms with E-state index in [1.807, 2.05) is 13.0 Å². The van der Waals surface area contributed by atoms with E-state index in [0.29, 0.717) is 5.69 Å². The van der Waals surface area contributed by atoms with Gasteiger partial charge in [-0.3, -0.25) is 9.78 Å². The Kier molecular flexibility index (Phi) is 4.33. The van der Waals surface area contributed by atoms with Gasteiger partial charge in [0.1, 0.15) is 0 Å². The Morgan fingerprint density at radius 3 is 2.67 bits per heavy atom. The number of hydrogen-bond donors (Lipinski definition) is 2. The summed E-state index contributed by atoms with van der Waals surface area (Å²) in [7, 11) is 0. The molecule has 5 heteroatoms. The maximum Gasteiger partial charge on any atom is 0.337 e. The first kappa shape index (κ1) is 14.7. The van der Waals surface area contributed by atoms with Gasteiger partial charge in [-0.05, 0) is 42.7 Å². The number of anilines is 1. The summed E-state index contributed by atoms with van der Waals surface area (Å²) in [4.78, 5) is 27.3. The number of rotatable bonds is 4. The number of aromatic carboxylic acids is 1. The molecule has 1 amide bonds. The van der Waals surface area contributed by atoms with Gasteiger partial charge in [0.15, 0.2) is 0 Å². The van der Waals surface area contributed by atoms with Crippen LogP contribution in [0, 0.1) is 13.8 Å². The molecular formula is C16H16N2O3. The number of pyridine rings is 1. The first-order chi connectivity index (χ1) is 9.97. The van der Waals surface area contributed by atoms with Crippen molar-refractivity contribution in [2.45, 2.75) is 20.3 Å². The first-order valence-corrected chi connectivity index (χ1v) is 6.50. The van der Waals surface area contributed by atoms with Gasteiger partial charge in [-0.2, -0.15) is 0 Å². The normalized spacial score (nSPS) is 10.2. The van der Waals surface area contributed by atoms with Gasteiger partial charge in [-0.25, -0.2) is 4.79 Å². The van der Waals surface area contributed by atoms with Crippen LogP contribution < -0.4 is 5.32 Å². The Balaban J connectivity index is 2.23. The number of benzene rings is 1. The molecule has 2 N–H and O–H groups in total. The van der Waals surface area contributed by atoms with E-state index in [4.69, 9.17) is 0 Å². The van der Waals surface area contributed by atoms with Crippen LogP contribution in [0.2, 0.25) is 0 Å². The van der Waals surface area contributed by atoms with Crippen LogP contribution in [-0.4, -0.2) is 22.0 Å². The molecule has 2 rings (SSSR count). The number of amides is 1. The van der Waals surface area contributed by atoms with Crippen LogP contribution in [0.15, 0.2) is 36.7 Å². The van der Waals surface area contributed by atoms with Crippen LogP contribution in [0.1, 0.15) is 27.0 Å². The molecule has 21 heavy (non-hydrogen) atoms. The molecule has 0 radical (unpaired) electrons. The van der Waals surface area contributed by atoms with E-state index in [2.05, 4.69) is 10.3 Å². The molecule has 2 aromatic rings. The minimum atomic E-state index is -1.06. The number of nitrogens with zero attached hydrogens (tertiary/aromatic N) is 1. The highest BCUT2D eigenvalue weighted by atomic mass is 16.4. The zero-order valence-electron chi connectivity index (χ0n) is 11.9. The van der Waals surface area contributed by atoms with Crippen molar-refractivity contribution in [3.8, 4) is 0 Å². The number of aromatic nitrogens is 1. The average Bonchev–Trinajstić information content (AvgIpc) is 2.42. The van der Waals surface area contributed by atoms with Crippen LogP contribution in [0.3, 0.4) is 0 Å². The minimum Gasteiger partial charge on any atom is -0.478 e. The van der Waals surface area contributed by atoms with Gasteiger partial charge < -0.3 is 10.4 Å². The third kappa shape index (κ3) is 3.66. The highest BCUT2D eigenvalue weighted by Crippen LogP contribution is 2.23. The summed E-state index contributed by atoms with van der Waals surface area (Å²) in [6.07, 6.45) is 3.40. The molecule has 108 valence electrons.